The van der Waals surface area contributed by atoms with Crippen LogP contribution in [0.3, 0.4) is 0 Å². The summed E-state index contributed by atoms with van der Waals surface area (Å²) in [6, 6.07) is -0.925. The molecule has 0 bridgehead atoms. The van der Waals surface area contributed by atoms with Crippen LogP contribution in [0.2, 0.25) is 0 Å². The highest BCUT2D eigenvalue weighted by atomic mass is 16.4. The molecule has 6 heteroatoms. The fraction of sp³-hybridized carbons (Fsp3) is 0.700. The standard InChI is InChI=1S/C10H18N2O4/c1-3-6-11-8(13)4-5-9(14)12-7(2)10(15)16/h7H,3-6H2,1-2H3,(H,11,13)(H,12,14)(H,15,16)/t7-/m1/s1. The highest BCUT2D eigenvalue weighted by Crippen LogP contribution is 1.91. The van der Waals surface area contributed by atoms with Gasteiger partial charge >= 0.3 is 5.97 Å². The lowest BCUT2D eigenvalue weighted by Crippen LogP contribution is -2.38. The van der Waals surface area contributed by atoms with Crippen molar-refractivity contribution in [3.63, 3.8) is 0 Å². The summed E-state index contributed by atoms with van der Waals surface area (Å²) in [7, 11) is 0. The van der Waals surface area contributed by atoms with Gasteiger partial charge in [-0.15, -0.1) is 0 Å². The minimum absolute atomic E-state index is 0.00711. The molecule has 0 spiro atoms. The molecule has 0 aromatic carbocycles. The maximum Gasteiger partial charge on any atom is 0.325 e. The molecule has 6 nitrogen and oxygen atoms in total. The van der Waals surface area contributed by atoms with Crippen molar-refractivity contribution in [2.45, 2.75) is 39.2 Å². The monoisotopic (exact) mass is 230 g/mol. The third kappa shape index (κ3) is 6.80. The highest BCUT2D eigenvalue weighted by Gasteiger charge is 2.14. The van der Waals surface area contributed by atoms with Gasteiger partial charge in [-0.25, -0.2) is 0 Å². The Labute approximate surface area is 94.4 Å². The first-order valence-corrected chi connectivity index (χ1v) is 5.26. The first kappa shape index (κ1) is 14.4. The summed E-state index contributed by atoms with van der Waals surface area (Å²) in [5.74, 6) is -1.72. The van der Waals surface area contributed by atoms with E-state index in [0.29, 0.717) is 6.54 Å². The van der Waals surface area contributed by atoms with Crippen molar-refractivity contribution in [2.75, 3.05) is 6.54 Å². The number of amides is 2. The lowest BCUT2D eigenvalue weighted by molar-refractivity contribution is -0.141. The first-order valence-electron chi connectivity index (χ1n) is 5.26. The number of carbonyl (C=O) groups excluding carboxylic acids is 2. The number of nitrogens with one attached hydrogen (secondary N) is 2. The molecule has 0 aromatic heterocycles. The highest BCUT2D eigenvalue weighted by molar-refractivity contribution is 5.86. The molecule has 92 valence electrons. The Morgan fingerprint density at radius 1 is 1.19 bits per heavy atom. The van der Waals surface area contributed by atoms with Gasteiger partial charge in [0.05, 0.1) is 0 Å². The van der Waals surface area contributed by atoms with Crippen LogP contribution in [-0.2, 0) is 14.4 Å². The summed E-state index contributed by atoms with van der Waals surface area (Å²) in [6.45, 7) is 3.89. The van der Waals surface area contributed by atoms with Gasteiger partial charge in [0.2, 0.25) is 11.8 Å². The average molecular weight is 230 g/mol. The van der Waals surface area contributed by atoms with Gasteiger partial charge in [0, 0.05) is 19.4 Å². The third-order valence-corrected chi connectivity index (χ3v) is 1.90. The zero-order chi connectivity index (χ0) is 12.6. The van der Waals surface area contributed by atoms with Gasteiger partial charge in [-0.1, -0.05) is 6.92 Å². The maximum absolute atomic E-state index is 11.2. The zero-order valence-electron chi connectivity index (χ0n) is 9.58. The molecule has 2 amide bonds. The molecule has 3 N–H and O–H groups in total. The van der Waals surface area contributed by atoms with Crippen molar-refractivity contribution in [2.24, 2.45) is 0 Å². The smallest absolute Gasteiger partial charge is 0.325 e. The van der Waals surface area contributed by atoms with Gasteiger partial charge in [-0.3, -0.25) is 14.4 Å². The van der Waals surface area contributed by atoms with Crippen LogP contribution in [0.25, 0.3) is 0 Å². The molecule has 0 aliphatic heterocycles. The van der Waals surface area contributed by atoms with Gasteiger partial charge < -0.3 is 15.7 Å². The van der Waals surface area contributed by atoms with Crippen molar-refractivity contribution in [1.82, 2.24) is 10.6 Å². The Morgan fingerprint density at radius 2 is 1.75 bits per heavy atom. The molecule has 0 aromatic rings. The van der Waals surface area contributed by atoms with Crippen molar-refractivity contribution < 1.29 is 19.5 Å². The predicted octanol–water partition coefficient (Wildman–Crippen LogP) is -0.118. The molecule has 16 heavy (non-hydrogen) atoms. The molecule has 0 saturated carbocycles. The third-order valence-electron chi connectivity index (χ3n) is 1.90. The predicted molar refractivity (Wildman–Crippen MR) is 57.8 cm³/mol. The fourth-order valence-electron chi connectivity index (χ4n) is 0.955. The number of carboxylic acids is 1. The Morgan fingerprint density at radius 3 is 2.25 bits per heavy atom. The second-order valence-corrected chi connectivity index (χ2v) is 3.48. The second kappa shape index (κ2) is 7.67. The molecule has 0 heterocycles. The largest absolute Gasteiger partial charge is 0.480 e. The number of carbonyl (C=O) groups is 3. The lowest BCUT2D eigenvalue weighted by Gasteiger charge is -2.08. The number of carboxylic acid groups (broad SMARTS) is 1. The summed E-state index contributed by atoms with van der Waals surface area (Å²) in [5.41, 5.74) is 0. The van der Waals surface area contributed by atoms with Crippen LogP contribution in [0.5, 0.6) is 0 Å². The molecule has 1 atom stereocenters. The summed E-state index contributed by atoms with van der Waals surface area (Å²) in [4.78, 5) is 32.7. The van der Waals surface area contributed by atoms with Crippen LogP contribution in [0.4, 0.5) is 0 Å². The molecule has 0 rings (SSSR count). The summed E-state index contributed by atoms with van der Waals surface area (Å²) >= 11 is 0. The Kier molecular flexibility index (Phi) is 6.91. The van der Waals surface area contributed by atoms with Gasteiger partial charge in [0.25, 0.3) is 0 Å². The van der Waals surface area contributed by atoms with Gasteiger partial charge in [0.1, 0.15) is 6.04 Å². The molecule has 0 unspecified atom stereocenters. The number of hydrogen-bond donors (Lipinski definition) is 3. The molecular weight excluding hydrogens is 212 g/mol. The van der Waals surface area contributed by atoms with E-state index in [0.717, 1.165) is 6.42 Å². The van der Waals surface area contributed by atoms with Crippen LogP contribution in [0.15, 0.2) is 0 Å². The zero-order valence-corrected chi connectivity index (χ0v) is 9.58. The van der Waals surface area contributed by atoms with E-state index in [4.69, 9.17) is 5.11 Å². The quantitative estimate of drug-likeness (QED) is 0.568. The molecule has 0 saturated heterocycles. The minimum Gasteiger partial charge on any atom is -0.480 e. The van der Waals surface area contributed by atoms with Crippen molar-refractivity contribution in [3.8, 4) is 0 Å². The summed E-state index contributed by atoms with van der Waals surface area (Å²) < 4.78 is 0. The van der Waals surface area contributed by atoms with Crippen LogP contribution in [0.1, 0.15) is 33.1 Å². The molecule has 0 fully saturated rings. The van der Waals surface area contributed by atoms with E-state index in [-0.39, 0.29) is 18.7 Å². The maximum atomic E-state index is 11.2. The van der Waals surface area contributed by atoms with Gasteiger partial charge in [0.15, 0.2) is 0 Å². The van der Waals surface area contributed by atoms with E-state index in [2.05, 4.69) is 10.6 Å². The normalized spacial score (nSPS) is 11.6. The number of rotatable bonds is 7. The van der Waals surface area contributed by atoms with Crippen LogP contribution < -0.4 is 10.6 Å². The van der Waals surface area contributed by atoms with Crippen molar-refractivity contribution in [1.29, 1.82) is 0 Å². The molecule has 0 radical (unpaired) electrons. The molecule has 0 aliphatic carbocycles. The van der Waals surface area contributed by atoms with E-state index < -0.39 is 17.9 Å². The second-order valence-electron chi connectivity index (χ2n) is 3.48. The topological polar surface area (TPSA) is 95.5 Å². The van der Waals surface area contributed by atoms with E-state index in [1.807, 2.05) is 6.92 Å². The Balaban J connectivity index is 3.73. The van der Waals surface area contributed by atoms with Crippen LogP contribution in [0, 0.1) is 0 Å². The van der Waals surface area contributed by atoms with Crippen molar-refractivity contribution in [3.05, 3.63) is 0 Å². The number of hydrogen-bond acceptors (Lipinski definition) is 3. The Hall–Kier alpha value is -1.59. The average Bonchev–Trinajstić information content (AvgIpc) is 2.23. The van der Waals surface area contributed by atoms with E-state index in [9.17, 15) is 14.4 Å². The first-order chi connectivity index (χ1) is 7.47. The van der Waals surface area contributed by atoms with Crippen molar-refractivity contribution >= 4 is 17.8 Å². The van der Waals surface area contributed by atoms with E-state index in [1.54, 1.807) is 0 Å². The number of aliphatic carboxylic acids is 1. The molecule has 0 aliphatic rings. The van der Waals surface area contributed by atoms with E-state index in [1.165, 1.54) is 6.92 Å². The summed E-state index contributed by atoms with van der Waals surface area (Å²) in [6.07, 6.45) is 0.930. The fourth-order valence-corrected chi connectivity index (χ4v) is 0.955. The lowest BCUT2D eigenvalue weighted by atomic mass is 10.2. The van der Waals surface area contributed by atoms with Gasteiger partial charge in [-0.2, -0.15) is 0 Å². The SMILES string of the molecule is CCCNC(=O)CCC(=O)N[C@H](C)C(=O)O. The van der Waals surface area contributed by atoms with Crippen LogP contribution in [-0.4, -0.2) is 35.5 Å². The summed E-state index contributed by atoms with van der Waals surface area (Å²) in [5, 5.41) is 13.4. The Bertz CT molecular complexity index is 266. The van der Waals surface area contributed by atoms with E-state index >= 15 is 0 Å². The molecular formula is C10H18N2O4. The van der Waals surface area contributed by atoms with Crippen LogP contribution >= 0.6 is 0 Å². The van der Waals surface area contributed by atoms with Gasteiger partial charge in [-0.05, 0) is 13.3 Å². The minimum atomic E-state index is -1.09.